The van der Waals surface area contributed by atoms with Crippen LogP contribution in [-0.4, -0.2) is 42.6 Å². The largest absolute Gasteiger partial charge is 0.496 e. The Bertz CT molecular complexity index is 853. The molecule has 4 fully saturated rings. The van der Waals surface area contributed by atoms with Gasteiger partial charge in [0.15, 0.2) is 0 Å². The number of para-hydroxylation sites is 1. The summed E-state index contributed by atoms with van der Waals surface area (Å²) in [6, 6.07) is 7.90. The average Bonchev–Trinajstić information content (AvgIpc) is 3.43. The molecule has 6 rings (SSSR count). The molecule has 3 aliphatic carbocycles. The molecule has 2 bridgehead atoms. The molecule has 1 aliphatic heterocycles. The van der Waals surface area contributed by atoms with Gasteiger partial charge >= 0.3 is 0 Å². The van der Waals surface area contributed by atoms with E-state index in [0.29, 0.717) is 25.6 Å². The van der Waals surface area contributed by atoms with E-state index in [1.54, 1.807) is 18.4 Å². The van der Waals surface area contributed by atoms with Gasteiger partial charge in [0.25, 0.3) is 0 Å². The van der Waals surface area contributed by atoms with Crippen LogP contribution in [0.25, 0.3) is 11.3 Å². The van der Waals surface area contributed by atoms with E-state index in [2.05, 4.69) is 0 Å². The topological polar surface area (TPSA) is 51.7 Å². The Kier molecular flexibility index (Phi) is 4.20. The van der Waals surface area contributed by atoms with Crippen molar-refractivity contribution in [3.63, 3.8) is 0 Å². The van der Waals surface area contributed by atoms with Gasteiger partial charge in [0, 0.05) is 22.9 Å². The highest BCUT2D eigenvalue weighted by molar-refractivity contribution is 7.10. The molecule has 2 heterocycles. The number of morpholine rings is 1. The zero-order valence-corrected chi connectivity index (χ0v) is 16.3. The van der Waals surface area contributed by atoms with Gasteiger partial charge in [0.2, 0.25) is 5.91 Å². The average molecular weight is 385 g/mol. The fourth-order valence-electron chi connectivity index (χ4n) is 4.95. The maximum absolute atomic E-state index is 13.1. The van der Waals surface area contributed by atoms with Crippen LogP contribution >= 0.6 is 11.3 Å². The third-order valence-corrected chi connectivity index (χ3v) is 7.31. The zero-order chi connectivity index (χ0) is 18.4. The van der Waals surface area contributed by atoms with Gasteiger partial charge < -0.3 is 14.4 Å². The fraction of sp³-hybridized carbons (Fsp3) is 0.524. The number of rotatable bonds is 4. The summed E-state index contributed by atoms with van der Waals surface area (Å²) in [5.41, 5.74) is 1.84. The summed E-state index contributed by atoms with van der Waals surface area (Å²) in [6.07, 6.45) is 4.37. The quantitative estimate of drug-likeness (QED) is 0.802. The maximum atomic E-state index is 13.1. The van der Waals surface area contributed by atoms with Crippen LogP contribution in [-0.2, 0) is 9.53 Å². The predicted molar refractivity (Wildman–Crippen MR) is 104 cm³/mol. The molecule has 1 saturated heterocycles. The van der Waals surface area contributed by atoms with E-state index in [0.717, 1.165) is 47.2 Å². The molecule has 2 aromatic rings. The van der Waals surface area contributed by atoms with Crippen molar-refractivity contribution in [2.24, 2.45) is 11.3 Å². The molecule has 4 aliphatic rings. The minimum absolute atomic E-state index is 0.0437. The van der Waals surface area contributed by atoms with Crippen molar-refractivity contribution in [3.8, 4) is 17.0 Å². The molecule has 1 atom stereocenters. The summed E-state index contributed by atoms with van der Waals surface area (Å²) in [7, 11) is 1.67. The van der Waals surface area contributed by atoms with E-state index in [1.807, 2.05) is 34.5 Å². The first-order valence-electron chi connectivity index (χ1n) is 9.68. The molecule has 0 N–H and O–H groups in total. The second-order valence-electron chi connectivity index (χ2n) is 7.98. The molecular weight excluding hydrogens is 360 g/mol. The first-order chi connectivity index (χ1) is 13.2. The summed E-state index contributed by atoms with van der Waals surface area (Å²) < 4.78 is 11.4. The molecule has 142 valence electrons. The summed E-state index contributed by atoms with van der Waals surface area (Å²) >= 11 is 1.60. The Balaban J connectivity index is 1.33. The third-order valence-electron chi connectivity index (χ3n) is 6.38. The fourth-order valence-corrected chi connectivity index (χ4v) is 5.81. The van der Waals surface area contributed by atoms with Crippen molar-refractivity contribution in [2.45, 2.75) is 31.8 Å². The normalized spacial score (nSPS) is 29.4. The molecule has 0 radical (unpaired) electrons. The lowest BCUT2D eigenvalue weighted by atomic mass is 9.68. The van der Waals surface area contributed by atoms with Crippen LogP contribution in [0.3, 0.4) is 0 Å². The van der Waals surface area contributed by atoms with Crippen LogP contribution in [0.15, 0.2) is 29.6 Å². The van der Waals surface area contributed by atoms with Gasteiger partial charge in [-0.2, -0.15) is 0 Å². The molecule has 27 heavy (non-hydrogen) atoms. The van der Waals surface area contributed by atoms with Crippen molar-refractivity contribution in [2.75, 3.05) is 26.8 Å². The Morgan fingerprint density at radius 1 is 1.37 bits per heavy atom. The van der Waals surface area contributed by atoms with Gasteiger partial charge in [0.1, 0.15) is 16.9 Å². The Morgan fingerprint density at radius 2 is 2.22 bits per heavy atom. The number of aromatic nitrogens is 1. The Labute approximate surface area is 163 Å². The summed E-state index contributed by atoms with van der Waals surface area (Å²) in [6.45, 7) is 1.90. The number of thiazole rings is 1. The van der Waals surface area contributed by atoms with Gasteiger partial charge in [-0.3, -0.25) is 4.79 Å². The van der Waals surface area contributed by atoms with Gasteiger partial charge in [-0.25, -0.2) is 4.98 Å². The smallest absolute Gasteiger partial charge is 0.228 e. The number of nitrogens with zero attached hydrogens (tertiary/aromatic N) is 2. The monoisotopic (exact) mass is 384 g/mol. The van der Waals surface area contributed by atoms with Crippen molar-refractivity contribution >= 4 is 17.2 Å². The molecule has 6 heteroatoms. The van der Waals surface area contributed by atoms with Crippen LogP contribution in [0.1, 0.15) is 36.8 Å². The minimum atomic E-state index is -0.134. The van der Waals surface area contributed by atoms with Crippen LogP contribution < -0.4 is 4.74 Å². The number of ether oxygens (including phenoxy) is 2. The lowest BCUT2D eigenvalue weighted by molar-refractivity contribution is -0.154. The van der Waals surface area contributed by atoms with E-state index in [1.165, 1.54) is 6.42 Å². The molecule has 1 unspecified atom stereocenters. The molecular formula is C21H24N2O3S. The number of methoxy groups -OCH3 is 1. The highest BCUT2D eigenvalue weighted by Gasteiger charge is 2.56. The van der Waals surface area contributed by atoms with Crippen molar-refractivity contribution in [1.82, 2.24) is 9.88 Å². The number of carbonyl (C=O) groups is 1. The zero-order valence-electron chi connectivity index (χ0n) is 15.5. The number of fused-ring (bicyclic) bond motifs is 1. The molecule has 1 amide bonds. The van der Waals surface area contributed by atoms with Gasteiger partial charge in [-0.15, -0.1) is 11.3 Å². The number of hydrogen-bond donors (Lipinski definition) is 0. The van der Waals surface area contributed by atoms with E-state index in [-0.39, 0.29) is 11.5 Å². The highest BCUT2D eigenvalue weighted by atomic mass is 32.1. The highest BCUT2D eigenvalue weighted by Crippen LogP contribution is 2.59. The third kappa shape index (κ3) is 2.86. The van der Waals surface area contributed by atoms with Crippen molar-refractivity contribution in [3.05, 3.63) is 34.7 Å². The van der Waals surface area contributed by atoms with Crippen molar-refractivity contribution < 1.29 is 14.3 Å². The molecule has 0 spiro atoms. The van der Waals surface area contributed by atoms with Crippen LogP contribution in [0.2, 0.25) is 0 Å². The molecule has 5 nitrogen and oxygen atoms in total. The molecule has 3 saturated carbocycles. The lowest BCUT2D eigenvalue weighted by Gasteiger charge is -2.43. The van der Waals surface area contributed by atoms with Gasteiger partial charge in [-0.05, 0) is 43.7 Å². The number of amides is 1. The number of benzene rings is 1. The van der Waals surface area contributed by atoms with E-state index < -0.39 is 0 Å². The van der Waals surface area contributed by atoms with Crippen LogP contribution in [0, 0.1) is 11.3 Å². The Hall–Kier alpha value is -1.92. The first-order valence-corrected chi connectivity index (χ1v) is 10.6. The standard InChI is InChI=1S/C21H24N2O3S/c1-25-17-5-3-2-4-15(17)16-13-27-19(22-16)18-12-23(8-9-26-18)20(24)21-7-6-14(10-21)11-21/h2-5,13-14,18H,6-12H2,1H3. The second kappa shape index (κ2) is 6.60. The summed E-state index contributed by atoms with van der Waals surface area (Å²) in [5, 5.41) is 2.98. The van der Waals surface area contributed by atoms with Crippen LogP contribution in [0.5, 0.6) is 5.75 Å². The molecule has 1 aromatic heterocycles. The van der Waals surface area contributed by atoms with Gasteiger partial charge in [-0.1, -0.05) is 12.1 Å². The lowest BCUT2D eigenvalue weighted by Crippen LogP contribution is -2.51. The molecule has 1 aromatic carbocycles. The van der Waals surface area contributed by atoms with Crippen LogP contribution in [0.4, 0.5) is 0 Å². The summed E-state index contributed by atoms with van der Waals surface area (Å²) in [5.74, 6) is 1.97. The summed E-state index contributed by atoms with van der Waals surface area (Å²) in [4.78, 5) is 19.9. The van der Waals surface area contributed by atoms with E-state index >= 15 is 0 Å². The first kappa shape index (κ1) is 17.2. The predicted octanol–water partition coefficient (Wildman–Crippen LogP) is 3.91. The Morgan fingerprint density at radius 3 is 3.00 bits per heavy atom. The van der Waals surface area contributed by atoms with E-state index in [9.17, 15) is 4.79 Å². The number of hydrogen-bond acceptors (Lipinski definition) is 5. The van der Waals surface area contributed by atoms with Gasteiger partial charge in [0.05, 0.1) is 26.0 Å². The second-order valence-corrected chi connectivity index (χ2v) is 8.86. The van der Waals surface area contributed by atoms with Crippen molar-refractivity contribution in [1.29, 1.82) is 0 Å². The SMILES string of the molecule is COc1ccccc1-c1csc(C2CN(C(=O)C34CCC(C3)C4)CCO2)n1. The maximum Gasteiger partial charge on any atom is 0.228 e. The van der Waals surface area contributed by atoms with E-state index in [4.69, 9.17) is 14.5 Å². The number of carbonyl (C=O) groups excluding carboxylic acids is 1. The minimum Gasteiger partial charge on any atom is -0.496 e.